The number of ether oxygens (including phenoxy) is 1. The quantitative estimate of drug-likeness (QED) is 0.255. The number of halogens is 1. The van der Waals surface area contributed by atoms with Crippen LogP contribution in [0.4, 0.5) is 0 Å². The highest BCUT2D eigenvalue weighted by atomic mass is 79.9. The molecule has 0 radical (unpaired) electrons. The predicted molar refractivity (Wildman–Crippen MR) is 129 cm³/mol. The van der Waals surface area contributed by atoms with Gasteiger partial charge in [0.05, 0.1) is 6.21 Å². The van der Waals surface area contributed by atoms with Crippen LogP contribution in [0.3, 0.4) is 0 Å². The van der Waals surface area contributed by atoms with E-state index >= 15 is 0 Å². The zero-order chi connectivity index (χ0) is 23.4. The number of carbonyl (C=O) groups excluding carboxylic acids is 1. The van der Waals surface area contributed by atoms with Gasteiger partial charge in [-0.25, -0.2) is 5.43 Å². The molecule has 33 heavy (non-hydrogen) atoms. The number of rotatable bonds is 7. The molecule has 0 fully saturated rings. The number of phenolic OH excluding ortho intramolecular Hbond substituents is 1. The molecular weight excluding hydrogens is 486 g/mol. The lowest BCUT2D eigenvalue weighted by atomic mass is 10.2. The highest BCUT2D eigenvalue weighted by Gasteiger charge is 2.11. The van der Waals surface area contributed by atoms with Crippen LogP contribution < -0.4 is 10.2 Å². The number of phenols is 1. The maximum Gasteiger partial charge on any atom is 0.307 e. The Morgan fingerprint density at radius 1 is 1.09 bits per heavy atom. The molecule has 2 heterocycles. The monoisotopic (exact) mass is 507 g/mol. The van der Waals surface area contributed by atoms with Crippen molar-refractivity contribution >= 4 is 28.1 Å². The third-order valence-electron chi connectivity index (χ3n) is 4.99. The number of nitrogens with zero attached hydrogens (tertiary/aromatic N) is 2. The van der Waals surface area contributed by atoms with Crippen LogP contribution in [0, 0.1) is 13.8 Å². The summed E-state index contributed by atoms with van der Waals surface area (Å²) in [5, 5.41) is 13.7. The minimum absolute atomic E-state index is 0.0558. The largest absolute Gasteiger partial charge is 0.507 e. The van der Waals surface area contributed by atoms with E-state index in [1.807, 2.05) is 24.3 Å². The van der Waals surface area contributed by atoms with Crippen molar-refractivity contribution in [1.82, 2.24) is 9.99 Å². The number of aromatic hydroxyl groups is 1. The van der Waals surface area contributed by atoms with Gasteiger partial charge in [-0.15, -0.1) is 0 Å². The molecule has 0 aliphatic rings. The molecule has 2 N–H and O–H groups in total. The van der Waals surface area contributed by atoms with Crippen molar-refractivity contribution in [3.8, 4) is 17.2 Å². The molecule has 168 valence electrons. The van der Waals surface area contributed by atoms with Crippen LogP contribution in [0.25, 0.3) is 5.69 Å². The van der Waals surface area contributed by atoms with E-state index in [9.17, 15) is 9.90 Å². The fourth-order valence-electron chi connectivity index (χ4n) is 3.34. The van der Waals surface area contributed by atoms with Crippen LogP contribution in [0.1, 0.15) is 33.3 Å². The first-order valence-corrected chi connectivity index (χ1v) is 11.0. The smallest absolute Gasteiger partial charge is 0.307 e. The summed E-state index contributed by atoms with van der Waals surface area (Å²) in [6.07, 6.45) is 1.35. The molecule has 7 nitrogen and oxygen atoms in total. The van der Waals surface area contributed by atoms with Crippen molar-refractivity contribution in [2.45, 2.75) is 20.5 Å². The lowest BCUT2D eigenvalue weighted by Gasteiger charge is -2.10. The number of aromatic nitrogens is 1. The predicted octanol–water partition coefficient (Wildman–Crippen LogP) is 5.50. The van der Waals surface area contributed by atoms with Gasteiger partial charge in [-0.2, -0.15) is 5.10 Å². The van der Waals surface area contributed by atoms with Gasteiger partial charge in [0.2, 0.25) is 0 Å². The molecule has 1 amide bonds. The number of furan rings is 1. The van der Waals surface area contributed by atoms with E-state index in [2.05, 4.69) is 57.0 Å². The van der Waals surface area contributed by atoms with Crippen molar-refractivity contribution in [1.29, 1.82) is 0 Å². The van der Waals surface area contributed by atoms with E-state index in [4.69, 9.17) is 9.15 Å². The van der Waals surface area contributed by atoms with Crippen LogP contribution in [-0.2, 0) is 6.61 Å². The fourth-order valence-corrected chi connectivity index (χ4v) is 3.72. The van der Waals surface area contributed by atoms with Crippen LogP contribution in [0.15, 0.2) is 80.7 Å². The van der Waals surface area contributed by atoms with Crippen molar-refractivity contribution in [2.24, 2.45) is 5.10 Å². The van der Waals surface area contributed by atoms with Gasteiger partial charge in [0.25, 0.3) is 0 Å². The summed E-state index contributed by atoms with van der Waals surface area (Å²) < 4.78 is 14.3. The number of amides is 1. The van der Waals surface area contributed by atoms with Crippen LogP contribution >= 0.6 is 15.9 Å². The number of benzene rings is 2. The number of hydrogen-bond donors (Lipinski definition) is 2. The van der Waals surface area contributed by atoms with E-state index in [0.29, 0.717) is 17.1 Å². The molecule has 0 saturated heterocycles. The lowest BCUT2D eigenvalue weighted by molar-refractivity contribution is 0.0923. The summed E-state index contributed by atoms with van der Waals surface area (Å²) >= 11 is 3.32. The van der Waals surface area contributed by atoms with Crippen molar-refractivity contribution in [3.63, 3.8) is 0 Å². The molecular formula is C25H22BrN3O4. The third-order valence-corrected chi connectivity index (χ3v) is 5.49. The van der Waals surface area contributed by atoms with E-state index < -0.39 is 5.91 Å². The molecule has 0 bridgehead atoms. The summed E-state index contributed by atoms with van der Waals surface area (Å²) in [4.78, 5) is 12.2. The Morgan fingerprint density at radius 2 is 1.82 bits per heavy atom. The summed E-state index contributed by atoms with van der Waals surface area (Å²) in [5.74, 6) is 0.865. The molecule has 4 aromatic rings. The maximum absolute atomic E-state index is 12.2. The van der Waals surface area contributed by atoms with E-state index in [0.717, 1.165) is 10.2 Å². The second-order valence-electron chi connectivity index (χ2n) is 7.40. The normalized spacial score (nSPS) is 11.1. The molecule has 0 aliphatic carbocycles. The molecule has 0 spiro atoms. The Balaban J connectivity index is 1.32. The topological polar surface area (TPSA) is 89.0 Å². The van der Waals surface area contributed by atoms with Gasteiger partial charge < -0.3 is 18.8 Å². The third kappa shape index (κ3) is 5.35. The Kier molecular flexibility index (Phi) is 6.65. The Bertz CT molecular complexity index is 1290. The first-order valence-electron chi connectivity index (χ1n) is 10.2. The SMILES string of the molecule is Cc1ccc(C)n1-c1ccc(OCc2ccc(C(=O)N/N=C/c3cc(Br)ccc3O)o2)cc1. The standard InChI is InChI=1S/C25H22BrN3O4/c1-16-3-4-17(2)29(16)20-6-8-21(9-7-20)32-15-22-10-12-24(33-22)25(31)28-27-14-18-13-19(26)5-11-23(18)30/h3-14,30H,15H2,1-2H3,(H,28,31)/b27-14+. The fraction of sp³-hybridized carbons (Fsp3) is 0.120. The highest BCUT2D eigenvalue weighted by molar-refractivity contribution is 9.10. The Morgan fingerprint density at radius 3 is 2.55 bits per heavy atom. The number of hydrogen-bond acceptors (Lipinski definition) is 5. The first kappa shape index (κ1) is 22.4. The molecule has 0 atom stereocenters. The number of carbonyl (C=O) groups is 1. The lowest BCUT2D eigenvalue weighted by Crippen LogP contribution is -2.16. The van der Waals surface area contributed by atoms with Crippen LogP contribution in [0.5, 0.6) is 11.5 Å². The van der Waals surface area contributed by atoms with E-state index in [-0.39, 0.29) is 18.1 Å². The van der Waals surface area contributed by atoms with E-state index in [1.54, 1.807) is 24.3 Å². The molecule has 8 heteroatoms. The molecule has 2 aromatic carbocycles. The average molecular weight is 508 g/mol. The van der Waals surface area contributed by atoms with E-state index in [1.165, 1.54) is 23.7 Å². The molecule has 0 aliphatic heterocycles. The Labute approximate surface area is 199 Å². The molecule has 0 saturated carbocycles. The van der Waals surface area contributed by atoms with Crippen LogP contribution in [0.2, 0.25) is 0 Å². The highest BCUT2D eigenvalue weighted by Crippen LogP contribution is 2.21. The number of aryl methyl sites for hydroxylation is 2. The van der Waals surface area contributed by atoms with Gasteiger partial charge in [0, 0.05) is 27.1 Å². The minimum atomic E-state index is -0.506. The summed E-state index contributed by atoms with van der Waals surface area (Å²) in [6, 6.07) is 20.1. The number of hydrazone groups is 1. The van der Waals surface area contributed by atoms with Gasteiger partial charge in [-0.3, -0.25) is 4.79 Å². The zero-order valence-corrected chi connectivity index (χ0v) is 19.7. The number of nitrogens with one attached hydrogen (secondary N) is 1. The average Bonchev–Trinajstić information content (AvgIpc) is 3.41. The summed E-state index contributed by atoms with van der Waals surface area (Å²) in [7, 11) is 0. The first-order chi connectivity index (χ1) is 15.9. The second kappa shape index (κ2) is 9.79. The van der Waals surface area contributed by atoms with Crippen molar-refractivity contribution < 1.29 is 19.1 Å². The summed E-state index contributed by atoms with van der Waals surface area (Å²) in [6.45, 7) is 4.32. The van der Waals surface area contributed by atoms with Gasteiger partial charge in [-0.1, -0.05) is 15.9 Å². The van der Waals surface area contributed by atoms with Crippen molar-refractivity contribution in [3.05, 3.63) is 99.7 Å². The molecule has 4 rings (SSSR count). The Hall–Kier alpha value is -3.78. The van der Waals surface area contributed by atoms with Gasteiger partial charge in [0.1, 0.15) is 23.9 Å². The van der Waals surface area contributed by atoms with Gasteiger partial charge in [-0.05, 0) is 80.6 Å². The maximum atomic E-state index is 12.2. The van der Waals surface area contributed by atoms with Gasteiger partial charge >= 0.3 is 5.91 Å². The zero-order valence-electron chi connectivity index (χ0n) is 18.1. The van der Waals surface area contributed by atoms with Crippen molar-refractivity contribution in [2.75, 3.05) is 0 Å². The second-order valence-corrected chi connectivity index (χ2v) is 8.32. The minimum Gasteiger partial charge on any atom is -0.507 e. The molecule has 2 aromatic heterocycles. The summed E-state index contributed by atoms with van der Waals surface area (Å²) in [5.41, 5.74) is 6.24. The molecule has 0 unspecified atom stereocenters. The van der Waals surface area contributed by atoms with Gasteiger partial charge in [0.15, 0.2) is 5.76 Å². The van der Waals surface area contributed by atoms with Crippen LogP contribution in [-0.4, -0.2) is 21.8 Å².